The maximum atomic E-state index is 12.1. The third-order valence-corrected chi connectivity index (χ3v) is 20.1. The summed E-state index contributed by atoms with van der Waals surface area (Å²) in [5, 5.41) is 149. The molecule has 5 aliphatic heterocycles. The SMILES string of the molecule is CC(CCC1(O)OC2CC3C4CCC5CC(OC6OC(CO)C(O)C(O)C6OC6OC(CO)C(O)C(O)C6OC6OC(C)C(O)C(O)C6O)CCC5(C)C4CCC3(C)C2C1C)COC1OC(CO)C(O)C(O)C1O. The summed E-state index contributed by atoms with van der Waals surface area (Å²) in [7, 11) is 0. The van der Waals surface area contributed by atoms with Gasteiger partial charge in [-0.15, -0.1) is 0 Å². The maximum absolute atomic E-state index is 12.1. The van der Waals surface area contributed by atoms with Gasteiger partial charge in [0.2, 0.25) is 0 Å². The Labute approximate surface area is 431 Å². The molecule has 14 N–H and O–H groups in total. The van der Waals surface area contributed by atoms with Crippen LogP contribution in [-0.4, -0.2) is 239 Å². The predicted octanol–water partition coefficient (Wildman–Crippen LogP) is -2.93. The molecule has 0 spiro atoms. The van der Waals surface area contributed by atoms with E-state index in [2.05, 4.69) is 20.8 Å². The summed E-state index contributed by atoms with van der Waals surface area (Å²) in [6, 6.07) is 0. The molecule has 32 unspecified atom stereocenters. The van der Waals surface area contributed by atoms with Crippen molar-refractivity contribution in [2.75, 3.05) is 26.4 Å². The number of hydrogen-bond acceptors (Lipinski definition) is 23. The molecule has 0 aromatic rings. The van der Waals surface area contributed by atoms with Crippen LogP contribution in [0.25, 0.3) is 0 Å². The molecule has 5 saturated heterocycles. The summed E-state index contributed by atoms with van der Waals surface area (Å²) in [5.74, 6) is 0.212. The molecule has 74 heavy (non-hydrogen) atoms. The van der Waals surface area contributed by atoms with E-state index in [0.29, 0.717) is 43.4 Å². The van der Waals surface area contributed by atoms with Crippen molar-refractivity contribution in [1.82, 2.24) is 0 Å². The van der Waals surface area contributed by atoms with Crippen LogP contribution in [-0.2, 0) is 42.6 Å². The van der Waals surface area contributed by atoms with Crippen LogP contribution in [0.4, 0.5) is 0 Å². The van der Waals surface area contributed by atoms with E-state index in [1.807, 2.05) is 6.92 Å². The molecule has 9 aliphatic rings. The molecular formula is C51H86O23. The number of rotatable bonds is 15. The quantitative estimate of drug-likeness (QED) is 0.0730. The molecule has 0 aromatic carbocycles. The largest absolute Gasteiger partial charge is 0.394 e. The molecule has 9 rings (SSSR count). The molecule has 0 bridgehead atoms. The van der Waals surface area contributed by atoms with Gasteiger partial charge in [0.25, 0.3) is 0 Å². The van der Waals surface area contributed by atoms with Crippen LogP contribution >= 0.6 is 0 Å². The van der Waals surface area contributed by atoms with Gasteiger partial charge in [-0.1, -0.05) is 27.7 Å². The van der Waals surface area contributed by atoms with Gasteiger partial charge in [-0.05, 0) is 111 Å². The lowest BCUT2D eigenvalue weighted by Crippen LogP contribution is -2.67. The van der Waals surface area contributed by atoms with Crippen molar-refractivity contribution in [3.63, 3.8) is 0 Å². The molecule has 32 atom stereocenters. The molecular weight excluding hydrogens is 981 g/mol. The first-order chi connectivity index (χ1) is 35.0. The minimum Gasteiger partial charge on any atom is -0.394 e. The van der Waals surface area contributed by atoms with E-state index < -0.39 is 155 Å². The standard InChI is InChI=1S/C51H86O23/c1-20(19-66-45-41(63)38(60)34(56)29(16-52)69-45)8-13-51(65)21(2)32-28(74-51)15-27-25-7-6-23-14-24(9-11-49(23,4)26(25)10-12-50(27,32)5)68-47-43(39(61)35(57)30(17-53)70-47)73-48-44(40(62)36(58)31(18-54)71-48)72-46-42(64)37(59)33(55)22(3)67-46/h20-48,52-65H,6-19H2,1-5H3. The van der Waals surface area contributed by atoms with E-state index >= 15 is 0 Å². The summed E-state index contributed by atoms with van der Waals surface area (Å²) in [4.78, 5) is 0. The molecule has 9 fully saturated rings. The highest BCUT2D eigenvalue weighted by Gasteiger charge is 2.68. The third-order valence-electron chi connectivity index (χ3n) is 20.1. The topological polar surface area (TPSA) is 366 Å². The zero-order chi connectivity index (χ0) is 53.5. The van der Waals surface area contributed by atoms with Crippen LogP contribution in [0.2, 0.25) is 0 Å². The fourth-order valence-corrected chi connectivity index (χ4v) is 15.6. The van der Waals surface area contributed by atoms with Crippen molar-refractivity contribution >= 4 is 0 Å². The second-order valence-electron chi connectivity index (χ2n) is 24.3. The van der Waals surface area contributed by atoms with Gasteiger partial charge in [0, 0.05) is 12.3 Å². The Morgan fingerprint density at radius 2 is 1.09 bits per heavy atom. The van der Waals surface area contributed by atoms with Crippen molar-refractivity contribution in [3.8, 4) is 0 Å². The molecule has 5 heterocycles. The second-order valence-corrected chi connectivity index (χ2v) is 24.3. The lowest BCUT2D eigenvalue weighted by molar-refractivity contribution is -0.395. The zero-order valence-corrected chi connectivity index (χ0v) is 43.1. The third kappa shape index (κ3) is 10.3. The average molecular weight is 1070 g/mol. The van der Waals surface area contributed by atoms with Crippen molar-refractivity contribution in [2.24, 2.45) is 52.3 Å². The molecule has 23 heteroatoms. The fraction of sp³-hybridized carbons (Fsp3) is 1.00. The highest BCUT2D eigenvalue weighted by molar-refractivity contribution is 5.15. The molecule has 0 amide bonds. The van der Waals surface area contributed by atoms with Gasteiger partial charge in [0.05, 0.1) is 44.7 Å². The summed E-state index contributed by atoms with van der Waals surface area (Å²) >= 11 is 0. The normalized spacial score (nSPS) is 56.0. The minimum absolute atomic E-state index is 0.0147. The summed E-state index contributed by atoms with van der Waals surface area (Å²) in [6.45, 7) is 8.47. The van der Waals surface area contributed by atoms with E-state index in [1.165, 1.54) is 6.92 Å². The molecule has 0 aromatic heterocycles. The van der Waals surface area contributed by atoms with E-state index in [-0.39, 0.29) is 47.2 Å². The smallest absolute Gasteiger partial charge is 0.187 e. The van der Waals surface area contributed by atoms with Gasteiger partial charge in [-0.3, -0.25) is 0 Å². The highest BCUT2D eigenvalue weighted by atomic mass is 16.8. The minimum atomic E-state index is -1.84. The van der Waals surface area contributed by atoms with E-state index in [1.54, 1.807) is 0 Å². The van der Waals surface area contributed by atoms with Gasteiger partial charge in [0.15, 0.2) is 30.9 Å². The number of aliphatic hydroxyl groups excluding tert-OH is 13. The Hall–Kier alpha value is -0.920. The van der Waals surface area contributed by atoms with Crippen LogP contribution in [0.5, 0.6) is 0 Å². The van der Waals surface area contributed by atoms with Crippen molar-refractivity contribution in [2.45, 2.75) is 240 Å². The Kier molecular flexibility index (Phi) is 17.6. The van der Waals surface area contributed by atoms with Crippen molar-refractivity contribution in [3.05, 3.63) is 0 Å². The van der Waals surface area contributed by atoms with Gasteiger partial charge in [-0.25, -0.2) is 0 Å². The number of fused-ring (bicyclic) bond motifs is 7. The fourth-order valence-electron chi connectivity index (χ4n) is 15.6. The van der Waals surface area contributed by atoms with Crippen LogP contribution < -0.4 is 0 Å². The van der Waals surface area contributed by atoms with E-state index in [0.717, 1.165) is 38.5 Å². The van der Waals surface area contributed by atoms with Gasteiger partial charge in [-0.2, -0.15) is 0 Å². The van der Waals surface area contributed by atoms with Crippen molar-refractivity contribution in [1.29, 1.82) is 0 Å². The highest BCUT2D eigenvalue weighted by Crippen LogP contribution is 2.71. The molecule has 0 radical (unpaired) electrons. The number of ether oxygens (including phenoxy) is 9. The summed E-state index contributed by atoms with van der Waals surface area (Å²) in [5.41, 5.74) is -0.0545. The lowest BCUT2D eigenvalue weighted by Gasteiger charge is -2.61. The predicted molar refractivity (Wildman–Crippen MR) is 250 cm³/mol. The first-order valence-electron chi connectivity index (χ1n) is 27.2. The maximum Gasteiger partial charge on any atom is 0.187 e. The average Bonchev–Trinajstić information content (AvgIpc) is 3.82. The Morgan fingerprint density at radius 1 is 0.554 bits per heavy atom. The van der Waals surface area contributed by atoms with Crippen LogP contribution in [0, 0.1) is 52.3 Å². The monoisotopic (exact) mass is 1070 g/mol. The summed E-state index contributed by atoms with van der Waals surface area (Å²) < 4.78 is 54.4. The van der Waals surface area contributed by atoms with Crippen LogP contribution in [0.3, 0.4) is 0 Å². The van der Waals surface area contributed by atoms with Crippen LogP contribution in [0.1, 0.15) is 98.8 Å². The van der Waals surface area contributed by atoms with E-state index in [9.17, 15) is 71.5 Å². The molecule has 4 saturated carbocycles. The summed E-state index contributed by atoms with van der Waals surface area (Å²) in [6.07, 6.45) is -23.0. The molecule has 4 aliphatic carbocycles. The van der Waals surface area contributed by atoms with E-state index in [4.69, 9.17) is 42.6 Å². The lowest BCUT2D eigenvalue weighted by atomic mass is 9.44. The van der Waals surface area contributed by atoms with Gasteiger partial charge >= 0.3 is 0 Å². The first kappa shape index (κ1) is 57.8. The first-order valence-corrected chi connectivity index (χ1v) is 27.2. The Bertz CT molecular complexity index is 1860. The molecule has 23 nitrogen and oxygen atoms in total. The number of aliphatic hydroxyl groups is 14. The Morgan fingerprint density at radius 3 is 1.72 bits per heavy atom. The number of hydrogen-bond donors (Lipinski definition) is 14. The second kappa shape index (κ2) is 22.6. The Balaban J connectivity index is 0.825. The zero-order valence-electron chi connectivity index (χ0n) is 43.1. The van der Waals surface area contributed by atoms with Crippen molar-refractivity contribution < 1.29 is 114 Å². The van der Waals surface area contributed by atoms with Gasteiger partial charge in [0.1, 0.15) is 91.6 Å². The van der Waals surface area contributed by atoms with Crippen LogP contribution in [0.15, 0.2) is 0 Å². The molecule has 428 valence electrons. The van der Waals surface area contributed by atoms with Gasteiger partial charge < -0.3 is 114 Å².